The first-order valence-corrected chi connectivity index (χ1v) is 7.42. The molecule has 3 N–H and O–H groups in total. The Hall–Kier alpha value is -3.07. The molecular weight excluding hydrogens is 309 g/mol. The van der Waals surface area contributed by atoms with Crippen molar-refractivity contribution in [2.45, 2.75) is 19.9 Å². The Labute approximate surface area is 140 Å². The molecule has 0 bridgehead atoms. The summed E-state index contributed by atoms with van der Waals surface area (Å²) < 4.78 is 19.7. The van der Waals surface area contributed by atoms with Crippen molar-refractivity contribution in [1.82, 2.24) is 10.3 Å². The van der Waals surface area contributed by atoms with E-state index in [0.29, 0.717) is 18.6 Å². The highest BCUT2D eigenvalue weighted by Crippen LogP contribution is 2.20. The maximum atomic E-state index is 14.4. The Morgan fingerprint density at radius 3 is 2.96 bits per heavy atom. The number of rotatable bonds is 6. The van der Waals surface area contributed by atoms with E-state index in [2.05, 4.69) is 22.1 Å². The number of amides is 1. The molecule has 5 nitrogen and oxygen atoms in total. The van der Waals surface area contributed by atoms with Crippen molar-refractivity contribution in [1.29, 1.82) is 0 Å². The number of nitrogens with zero attached hydrogens (tertiary/aromatic N) is 1. The number of hydrogen-bond donors (Lipinski definition) is 2. The molecule has 0 saturated carbocycles. The van der Waals surface area contributed by atoms with Gasteiger partial charge in [0.2, 0.25) is 0 Å². The van der Waals surface area contributed by atoms with Gasteiger partial charge in [-0.25, -0.2) is 9.37 Å². The van der Waals surface area contributed by atoms with Crippen LogP contribution in [0.3, 0.4) is 0 Å². The van der Waals surface area contributed by atoms with Gasteiger partial charge in [-0.15, -0.1) is 11.8 Å². The predicted molar refractivity (Wildman–Crippen MR) is 89.8 cm³/mol. The minimum absolute atomic E-state index is 0.0188. The van der Waals surface area contributed by atoms with Crippen LogP contribution in [0.5, 0.6) is 5.75 Å². The monoisotopic (exact) mass is 327 g/mol. The maximum absolute atomic E-state index is 14.4. The van der Waals surface area contributed by atoms with E-state index < -0.39 is 11.7 Å². The van der Waals surface area contributed by atoms with Crippen LogP contribution in [0, 0.1) is 17.7 Å². The highest BCUT2D eigenvalue weighted by atomic mass is 19.1. The maximum Gasteiger partial charge on any atom is 0.255 e. The van der Waals surface area contributed by atoms with E-state index in [1.165, 1.54) is 6.20 Å². The molecule has 0 aliphatic rings. The van der Waals surface area contributed by atoms with Gasteiger partial charge in [-0.05, 0) is 25.1 Å². The van der Waals surface area contributed by atoms with Gasteiger partial charge in [0, 0.05) is 24.7 Å². The summed E-state index contributed by atoms with van der Waals surface area (Å²) in [6.45, 7) is 2.06. The number of halogens is 1. The molecule has 1 aromatic carbocycles. The molecule has 1 heterocycles. The lowest BCUT2D eigenvalue weighted by Gasteiger charge is -2.11. The lowest BCUT2D eigenvalue weighted by Crippen LogP contribution is -2.24. The molecular formula is C18H18FN3O2. The van der Waals surface area contributed by atoms with Crippen LogP contribution < -0.4 is 15.8 Å². The van der Waals surface area contributed by atoms with E-state index in [1.807, 2.05) is 0 Å². The van der Waals surface area contributed by atoms with Gasteiger partial charge < -0.3 is 15.8 Å². The third-order valence-corrected chi connectivity index (χ3v) is 3.23. The zero-order valence-corrected chi connectivity index (χ0v) is 13.3. The molecule has 0 aliphatic heterocycles. The third kappa shape index (κ3) is 4.46. The summed E-state index contributed by atoms with van der Waals surface area (Å²) in [5.74, 6) is 4.95. The van der Waals surface area contributed by atoms with E-state index in [4.69, 9.17) is 10.5 Å². The van der Waals surface area contributed by atoms with Crippen molar-refractivity contribution in [2.24, 2.45) is 0 Å². The summed E-state index contributed by atoms with van der Waals surface area (Å²) in [6.07, 6.45) is 2.02. The van der Waals surface area contributed by atoms with Gasteiger partial charge in [0.15, 0.2) is 11.6 Å². The van der Waals surface area contributed by atoms with Crippen LogP contribution in [0.25, 0.3) is 0 Å². The Kier molecular flexibility index (Phi) is 6.15. The van der Waals surface area contributed by atoms with Gasteiger partial charge in [-0.2, -0.15) is 0 Å². The number of benzene rings is 1. The predicted octanol–water partition coefficient (Wildman–Crippen LogP) is 2.53. The van der Waals surface area contributed by atoms with E-state index in [9.17, 15) is 9.18 Å². The van der Waals surface area contributed by atoms with E-state index >= 15 is 0 Å². The summed E-state index contributed by atoms with van der Waals surface area (Å²) in [5, 5.41) is 2.62. The summed E-state index contributed by atoms with van der Waals surface area (Å²) in [5.41, 5.74) is 6.22. The van der Waals surface area contributed by atoms with Gasteiger partial charge in [0.1, 0.15) is 5.82 Å². The summed E-state index contributed by atoms with van der Waals surface area (Å²) in [4.78, 5) is 15.9. The smallest absolute Gasteiger partial charge is 0.255 e. The zero-order chi connectivity index (χ0) is 17.4. The zero-order valence-electron chi connectivity index (χ0n) is 13.3. The minimum Gasteiger partial charge on any atom is -0.490 e. The van der Waals surface area contributed by atoms with Crippen LogP contribution in [0.2, 0.25) is 0 Å². The molecule has 1 aromatic heterocycles. The molecule has 124 valence electrons. The Morgan fingerprint density at radius 1 is 1.38 bits per heavy atom. The first kappa shape index (κ1) is 17.3. The first-order chi connectivity index (χ1) is 11.6. The number of aromatic nitrogens is 1. The fraction of sp³-hybridized carbons (Fsp3) is 0.222. The number of nitrogen functional groups attached to an aromatic ring is 1. The number of nitrogens with two attached hydrogens (primary N) is 1. The Bertz CT molecular complexity index is 781. The van der Waals surface area contributed by atoms with Crippen LogP contribution in [-0.2, 0) is 6.54 Å². The highest BCUT2D eigenvalue weighted by molar-refractivity contribution is 5.98. The average molecular weight is 327 g/mol. The largest absolute Gasteiger partial charge is 0.490 e. The number of carbonyl (C=O) groups excluding carboxylic acids is 1. The summed E-state index contributed by atoms with van der Waals surface area (Å²) in [6, 6.07) is 7.96. The number of pyridine rings is 1. The molecule has 1 amide bonds. The van der Waals surface area contributed by atoms with Crippen LogP contribution in [0.4, 0.5) is 10.2 Å². The lowest BCUT2D eigenvalue weighted by molar-refractivity contribution is 0.0951. The van der Waals surface area contributed by atoms with E-state index in [1.54, 1.807) is 37.3 Å². The highest BCUT2D eigenvalue weighted by Gasteiger charge is 2.13. The van der Waals surface area contributed by atoms with Gasteiger partial charge in [0.25, 0.3) is 5.91 Å². The van der Waals surface area contributed by atoms with Crippen LogP contribution in [0.1, 0.15) is 29.3 Å². The molecule has 6 heteroatoms. The van der Waals surface area contributed by atoms with Crippen molar-refractivity contribution in [2.75, 3.05) is 12.3 Å². The van der Waals surface area contributed by atoms with E-state index in [-0.39, 0.29) is 23.7 Å². The number of anilines is 1. The van der Waals surface area contributed by atoms with Gasteiger partial charge in [-0.3, -0.25) is 4.79 Å². The molecule has 2 aromatic rings. The number of ether oxygens (including phenoxy) is 1. The molecule has 0 unspecified atom stereocenters. The summed E-state index contributed by atoms with van der Waals surface area (Å²) in [7, 11) is 0. The third-order valence-electron chi connectivity index (χ3n) is 3.23. The van der Waals surface area contributed by atoms with E-state index in [0.717, 1.165) is 0 Å². The standard InChI is InChI=1S/C18H18FN3O2/c1-2-3-4-11-24-15-9-5-7-13(16(15)19)12-22-18(23)14-8-6-10-21-17(14)20/h5-10H,4,11-12H2,1H3,(H2,20,21)(H,22,23). The van der Waals surface area contributed by atoms with Crippen LogP contribution in [0.15, 0.2) is 36.5 Å². The molecule has 0 saturated heterocycles. The molecule has 0 aliphatic carbocycles. The second-order valence-corrected chi connectivity index (χ2v) is 4.87. The van der Waals surface area contributed by atoms with Crippen molar-refractivity contribution in [3.8, 4) is 17.6 Å². The van der Waals surface area contributed by atoms with Gasteiger partial charge in [0.05, 0.1) is 12.2 Å². The van der Waals surface area contributed by atoms with Crippen LogP contribution >= 0.6 is 0 Å². The van der Waals surface area contributed by atoms with Crippen molar-refractivity contribution in [3.63, 3.8) is 0 Å². The molecule has 0 fully saturated rings. The first-order valence-electron chi connectivity index (χ1n) is 7.42. The molecule has 0 atom stereocenters. The Balaban J connectivity index is 2.00. The second-order valence-electron chi connectivity index (χ2n) is 4.87. The quantitative estimate of drug-likeness (QED) is 0.631. The molecule has 0 spiro atoms. The van der Waals surface area contributed by atoms with Crippen molar-refractivity contribution >= 4 is 11.7 Å². The normalized spacial score (nSPS) is 9.75. The SMILES string of the molecule is CC#CCCOc1cccc(CNC(=O)c2cccnc2N)c1F. The molecule has 2 rings (SSSR count). The Morgan fingerprint density at radius 2 is 2.21 bits per heavy atom. The molecule has 24 heavy (non-hydrogen) atoms. The summed E-state index contributed by atoms with van der Waals surface area (Å²) >= 11 is 0. The fourth-order valence-electron chi connectivity index (χ4n) is 2.02. The second kappa shape index (κ2) is 8.53. The number of carbonyl (C=O) groups is 1. The van der Waals surface area contributed by atoms with Crippen molar-refractivity contribution in [3.05, 3.63) is 53.5 Å². The number of hydrogen-bond acceptors (Lipinski definition) is 4. The number of nitrogens with one attached hydrogen (secondary N) is 1. The minimum atomic E-state index is -0.499. The van der Waals surface area contributed by atoms with Gasteiger partial charge >= 0.3 is 0 Å². The van der Waals surface area contributed by atoms with Crippen LogP contribution in [-0.4, -0.2) is 17.5 Å². The van der Waals surface area contributed by atoms with Crippen molar-refractivity contribution < 1.29 is 13.9 Å². The average Bonchev–Trinajstić information content (AvgIpc) is 2.59. The topological polar surface area (TPSA) is 77.2 Å². The molecule has 0 radical (unpaired) electrons. The fourth-order valence-corrected chi connectivity index (χ4v) is 2.02. The lowest BCUT2D eigenvalue weighted by atomic mass is 10.2. The van der Waals surface area contributed by atoms with Gasteiger partial charge in [-0.1, -0.05) is 12.1 Å².